The lowest BCUT2D eigenvalue weighted by molar-refractivity contribution is 0.601. The van der Waals surface area contributed by atoms with Crippen LogP contribution >= 0.6 is 0 Å². The number of benzene rings is 8. The van der Waals surface area contributed by atoms with Crippen molar-refractivity contribution >= 4 is 65.4 Å². The highest BCUT2D eigenvalue weighted by atomic mass is 14.3. The van der Waals surface area contributed by atoms with E-state index < -0.39 is 0 Å². The average Bonchev–Trinajstić information content (AvgIpc) is 3.28. The van der Waals surface area contributed by atoms with Crippen LogP contribution in [0.4, 0.5) is 0 Å². The fourth-order valence-corrected chi connectivity index (χ4v) is 9.16. The van der Waals surface area contributed by atoms with E-state index in [0.717, 1.165) is 18.4 Å². The molecule has 8 aromatic carbocycles. The second kappa shape index (κ2) is 16.9. The number of allylic oxidation sites excluding steroid dienone is 9. The molecule has 0 saturated carbocycles. The molecule has 1 aliphatic rings. The zero-order valence-corrected chi connectivity index (χ0v) is 35.6. The highest BCUT2D eigenvalue weighted by Gasteiger charge is 2.26. The molecule has 9 rings (SSSR count). The van der Waals surface area contributed by atoms with Crippen LogP contribution in [0.25, 0.3) is 65.4 Å². The highest BCUT2D eigenvalue weighted by Crippen LogP contribution is 2.42. The average molecular weight is 765 g/mol. The smallest absolute Gasteiger partial charge is 0.0142 e. The van der Waals surface area contributed by atoms with Crippen LogP contribution in [-0.4, -0.2) is 0 Å². The second-order valence-corrected chi connectivity index (χ2v) is 16.8. The lowest BCUT2D eigenvalue weighted by Crippen LogP contribution is -2.20. The van der Waals surface area contributed by atoms with Gasteiger partial charge in [-0.3, -0.25) is 0 Å². The maximum atomic E-state index is 4.49. The first-order chi connectivity index (χ1) is 28.7. The Labute approximate surface area is 352 Å². The van der Waals surface area contributed by atoms with Crippen LogP contribution in [0.5, 0.6) is 0 Å². The molecule has 0 N–H and O–H groups in total. The maximum Gasteiger partial charge on any atom is 0.0142 e. The third-order valence-corrected chi connectivity index (χ3v) is 12.9. The maximum absolute atomic E-state index is 4.49. The third kappa shape index (κ3) is 7.85. The van der Waals surface area contributed by atoms with Crippen molar-refractivity contribution < 1.29 is 0 Å². The number of fused-ring (bicyclic) bond motifs is 1. The quantitative estimate of drug-likeness (QED) is 0.101. The minimum atomic E-state index is -0.0854. The van der Waals surface area contributed by atoms with Crippen LogP contribution < -0.4 is 0 Å². The first-order valence-electron chi connectivity index (χ1n) is 21.5. The van der Waals surface area contributed by atoms with E-state index >= 15 is 0 Å². The zero-order valence-electron chi connectivity index (χ0n) is 35.6. The lowest BCUT2D eigenvalue weighted by Gasteiger charge is -2.29. The SMILES string of the molecule is C=C(/C=C(\C)c1cccc2ccccc12)c1cccc(C2(C)C=CC(c3ccc4ccc5cccc6ccc3c4c56)=CC2)c1.CCC(C)=C(c1ccccc1)C(C)CC. The van der Waals surface area contributed by atoms with E-state index in [2.05, 4.69) is 224 Å². The van der Waals surface area contributed by atoms with Crippen LogP contribution in [-0.2, 0) is 5.41 Å². The molecule has 292 valence electrons. The molecule has 0 aromatic heterocycles. The van der Waals surface area contributed by atoms with Crippen LogP contribution in [0.15, 0.2) is 188 Å². The predicted octanol–water partition coefficient (Wildman–Crippen LogP) is 17.1. The van der Waals surface area contributed by atoms with Gasteiger partial charge >= 0.3 is 0 Å². The molecule has 0 aliphatic heterocycles. The Kier molecular flexibility index (Phi) is 11.4. The van der Waals surface area contributed by atoms with Crippen LogP contribution in [0.1, 0.15) is 88.6 Å². The van der Waals surface area contributed by atoms with Crippen molar-refractivity contribution in [3.63, 3.8) is 0 Å². The fraction of sp³-hybridized carbons (Fsp3) is 0.186. The summed E-state index contributed by atoms with van der Waals surface area (Å²) in [5.41, 5.74) is 13.0. The van der Waals surface area contributed by atoms with Crippen molar-refractivity contribution in [1.82, 2.24) is 0 Å². The molecule has 0 bridgehead atoms. The molecule has 0 spiro atoms. The Balaban J connectivity index is 0.000000274. The van der Waals surface area contributed by atoms with Gasteiger partial charge in [-0.1, -0.05) is 216 Å². The summed E-state index contributed by atoms with van der Waals surface area (Å²) in [6, 6.07) is 55.1. The van der Waals surface area contributed by atoms with E-state index in [9.17, 15) is 0 Å². The summed E-state index contributed by atoms with van der Waals surface area (Å²) in [5.74, 6) is 0.660. The van der Waals surface area contributed by atoms with Gasteiger partial charge in [-0.25, -0.2) is 0 Å². The monoisotopic (exact) mass is 764 g/mol. The van der Waals surface area contributed by atoms with Crippen LogP contribution in [0, 0.1) is 5.92 Å². The molecule has 0 heteroatoms. The van der Waals surface area contributed by atoms with Gasteiger partial charge in [-0.2, -0.15) is 0 Å². The normalized spacial score (nSPS) is 16.5. The van der Waals surface area contributed by atoms with Gasteiger partial charge in [-0.15, -0.1) is 0 Å². The molecule has 0 heterocycles. The van der Waals surface area contributed by atoms with Gasteiger partial charge in [0.15, 0.2) is 0 Å². The van der Waals surface area contributed by atoms with Crippen molar-refractivity contribution in [1.29, 1.82) is 0 Å². The molecule has 0 amide bonds. The van der Waals surface area contributed by atoms with Crippen molar-refractivity contribution in [2.24, 2.45) is 5.92 Å². The molecule has 0 radical (unpaired) electrons. The van der Waals surface area contributed by atoms with E-state index in [4.69, 9.17) is 0 Å². The summed E-state index contributed by atoms with van der Waals surface area (Å²) in [4.78, 5) is 0. The van der Waals surface area contributed by atoms with Crippen molar-refractivity contribution in [2.45, 2.75) is 66.2 Å². The summed E-state index contributed by atoms with van der Waals surface area (Å²) >= 11 is 0. The highest BCUT2D eigenvalue weighted by molar-refractivity contribution is 6.24. The Hall–Kier alpha value is -6.24. The lowest BCUT2D eigenvalue weighted by atomic mass is 9.74. The van der Waals surface area contributed by atoms with Crippen LogP contribution in [0.2, 0.25) is 0 Å². The molecular formula is C59H56. The zero-order chi connectivity index (χ0) is 41.1. The first kappa shape index (κ1) is 39.6. The van der Waals surface area contributed by atoms with E-state index in [1.165, 1.54) is 94.0 Å². The molecule has 2 atom stereocenters. The molecule has 59 heavy (non-hydrogen) atoms. The van der Waals surface area contributed by atoms with Gasteiger partial charge in [0.25, 0.3) is 0 Å². The number of hydrogen-bond acceptors (Lipinski definition) is 0. The van der Waals surface area contributed by atoms with Gasteiger partial charge in [0.05, 0.1) is 0 Å². The number of hydrogen-bond donors (Lipinski definition) is 0. The first-order valence-corrected chi connectivity index (χ1v) is 21.5. The Morgan fingerprint density at radius 3 is 2.02 bits per heavy atom. The standard InChI is InChI=1S/C44H34.C15H22/c1-29(27-30(2)38-16-8-10-31-9-4-5-15-39(31)38)36-13-7-14-37(28-36)44(3)25-23-32(24-26-44)40-21-19-35-18-17-33-11-6-12-34-20-22-41(40)43(35)42(33)34;1-5-12(3)15(13(4)6-2)14-10-8-7-9-11-14/h4-25,27-28H,1,26H2,2-3H3;7-12H,5-6H2,1-4H3/b30-27+;. The van der Waals surface area contributed by atoms with Crippen molar-refractivity contribution in [2.75, 3.05) is 0 Å². The predicted molar refractivity (Wildman–Crippen MR) is 261 cm³/mol. The van der Waals surface area contributed by atoms with E-state index in [0.29, 0.717) is 5.92 Å². The fourth-order valence-electron chi connectivity index (χ4n) is 9.16. The Morgan fingerprint density at radius 1 is 0.661 bits per heavy atom. The summed E-state index contributed by atoms with van der Waals surface area (Å²) in [7, 11) is 0. The molecule has 0 nitrogen and oxygen atoms in total. The second-order valence-electron chi connectivity index (χ2n) is 16.8. The Bertz CT molecular complexity index is 2910. The van der Waals surface area contributed by atoms with E-state index in [-0.39, 0.29) is 5.41 Å². The molecule has 0 fully saturated rings. The molecule has 2 unspecified atom stereocenters. The molecule has 1 aliphatic carbocycles. The Morgan fingerprint density at radius 2 is 1.29 bits per heavy atom. The van der Waals surface area contributed by atoms with Gasteiger partial charge in [0.1, 0.15) is 0 Å². The number of rotatable bonds is 9. The van der Waals surface area contributed by atoms with Crippen LogP contribution in [0.3, 0.4) is 0 Å². The molecule has 0 saturated heterocycles. The van der Waals surface area contributed by atoms with Gasteiger partial charge in [0.2, 0.25) is 0 Å². The largest absolute Gasteiger partial charge is 0.0911 e. The van der Waals surface area contributed by atoms with E-state index in [1.807, 2.05) is 0 Å². The molecular weight excluding hydrogens is 709 g/mol. The van der Waals surface area contributed by atoms with Gasteiger partial charge in [0, 0.05) is 5.41 Å². The van der Waals surface area contributed by atoms with Crippen molar-refractivity contribution in [3.05, 3.63) is 216 Å². The minimum Gasteiger partial charge on any atom is -0.0911 e. The topological polar surface area (TPSA) is 0 Å². The summed E-state index contributed by atoms with van der Waals surface area (Å²) in [6.07, 6.45) is 12.7. The van der Waals surface area contributed by atoms with Crippen molar-refractivity contribution in [3.8, 4) is 0 Å². The summed E-state index contributed by atoms with van der Waals surface area (Å²) in [5, 5.41) is 10.5. The summed E-state index contributed by atoms with van der Waals surface area (Å²) in [6.45, 7) is 18.1. The molecule has 8 aromatic rings. The summed E-state index contributed by atoms with van der Waals surface area (Å²) < 4.78 is 0. The minimum absolute atomic E-state index is 0.0854. The van der Waals surface area contributed by atoms with E-state index in [1.54, 1.807) is 5.57 Å². The van der Waals surface area contributed by atoms with Gasteiger partial charge in [-0.05, 0) is 132 Å². The van der Waals surface area contributed by atoms with Gasteiger partial charge < -0.3 is 0 Å². The third-order valence-electron chi connectivity index (χ3n) is 12.9.